The van der Waals surface area contributed by atoms with Crippen molar-refractivity contribution in [2.24, 2.45) is 5.92 Å². The molecular weight excluding hydrogens is 580 g/mol. The Hall–Kier alpha value is -4.65. The molecule has 0 saturated heterocycles. The van der Waals surface area contributed by atoms with Crippen molar-refractivity contribution in [2.45, 2.75) is 58.3 Å². The number of benzene rings is 2. The number of phenolic OH excluding ortho intramolecular Hbond substituents is 1. The maximum atomic E-state index is 13.3. The first kappa shape index (κ1) is 32.3. The monoisotopic (exact) mass is 618 g/mol. The van der Waals surface area contributed by atoms with Crippen LogP contribution in [0.3, 0.4) is 0 Å². The Morgan fingerprint density at radius 3 is 2.34 bits per heavy atom. The van der Waals surface area contributed by atoms with Crippen LogP contribution in [0.2, 0.25) is 0 Å². The Morgan fingerprint density at radius 2 is 1.68 bits per heavy atom. The number of nitrogens with two attached hydrogens (primary N) is 1. The van der Waals surface area contributed by atoms with E-state index in [1.54, 1.807) is 24.3 Å². The molecule has 0 spiro atoms. The zero-order chi connectivity index (χ0) is 31.8. The Labute approximate surface area is 261 Å². The van der Waals surface area contributed by atoms with Crippen LogP contribution >= 0.6 is 12.6 Å². The lowest BCUT2D eigenvalue weighted by Gasteiger charge is -2.27. The van der Waals surface area contributed by atoms with E-state index in [1.807, 2.05) is 51.1 Å². The summed E-state index contributed by atoms with van der Waals surface area (Å²) in [5.74, 6) is -1.10. The van der Waals surface area contributed by atoms with Gasteiger partial charge in [-0.25, -0.2) is 14.6 Å². The second-order valence-electron chi connectivity index (χ2n) is 10.8. The molecule has 3 amide bonds. The van der Waals surface area contributed by atoms with Crippen molar-refractivity contribution in [3.8, 4) is 17.0 Å². The third-order valence-electron chi connectivity index (χ3n) is 7.39. The molecule has 0 aliphatic heterocycles. The summed E-state index contributed by atoms with van der Waals surface area (Å²) in [6, 6.07) is 14.1. The number of anilines is 1. The fourth-order valence-corrected chi connectivity index (χ4v) is 5.09. The molecular formula is C31H38N8O4S. The molecule has 0 aliphatic carbocycles. The summed E-state index contributed by atoms with van der Waals surface area (Å²) in [6.45, 7) is 5.45. The predicted molar refractivity (Wildman–Crippen MR) is 172 cm³/mol. The smallest absolute Gasteiger partial charge is 0.244 e. The molecule has 0 saturated carbocycles. The number of phenols is 1. The highest BCUT2D eigenvalue weighted by Gasteiger charge is 2.30. The van der Waals surface area contributed by atoms with Crippen LogP contribution in [0.15, 0.2) is 60.9 Å². The van der Waals surface area contributed by atoms with Gasteiger partial charge in [0.1, 0.15) is 42.2 Å². The number of hydrogen-bond donors (Lipinski definition) is 6. The molecule has 4 unspecified atom stereocenters. The number of carbonyl (C=O) groups excluding carboxylic acids is 3. The second-order valence-corrected chi connectivity index (χ2v) is 11.1. The molecule has 4 aromatic rings. The number of nitrogens with zero attached hydrogens (tertiary/aromatic N) is 4. The number of thiol groups is 1. The maximum Gasteiger partial charge on any atom is 0.244 e. The first-order chi connectivity index (χ1) is 21.1. The minimum atomic E-state index is -1.00. The van der Waals surface area contributed by atoms with Gasteiger partial charge in [0.05, 0.1) is 5.39 Å². The largest absolute Gasteiger partial charge is 0.508 e. The highest BCUT2D eigenvalue weighted by Crippen LogP contribution is 2.29. The van der Waals surface area contributed by atoms with Gasteiger partial charge < -0.3 is 26.8 Å². The molecule has 12 nitrogen and oxygen atoms in total. The standard InChI is InChI=1S/C31H38N8O4S/c1-4-18(2)26(31(43)35-19(3)14-20-10-12-22(40)13-11-20)37-30(42)23(16-44)36-24(41)15-39-29-25(28(32)33-17-34-29)27(38-39)21-8-6-5-7-9-21/h5-13,17-19,23,26,40,44H,4,14-16H2,1-3H3,(H,35,43)(H,36,41)(H,37,42)(H2,32,33,34). The van der Waals surface area contributed by atoms with Gasteiger partial charge in [-0.05, 0) is 37.0 Å². The van der Waals surface area contributed by atoms with Gasteiger partial charge in [-0.3, -0.25) is 14.4 Å². The van der Waals surface area contributed by atoms with Crippen molar-refractivity contribution in [1.82, 2.24) is 35.7 Å². The molecule has 13 heteroatoms. The van der Waals surface area contributed by atoms with Crippen LogP contribution in [-0.4, -0.2) is 66.5 Å². The molecule has 4 rings (SSSR count). The van der Waals surface area contributed by atoms with E-state index in [9.17, 15) is 19.5 Å². The number of carbonyl (C=O) groups is 3. The molecule has 2 heterocycles. The van der Waals surface area contributed by atoms with Gasteiger partial charge in [0.2, 0.25) is 17.7 Å². The van der Waals surface area contributed by atoms with E-state index in [-0.39, 0.29) is 41.7 Å². The van der Waals surface area contributed by atoms with Crippen molar-refractivity contribution in [3.05, 3.63) is 66.5 Å². The Bertz CT molecular complexity index is 1600. The van der Waals surface area contributed by atoms with Gasteiger partial charge in [-0.15, -0.1) is 0 Å². The lowest BCUT2D eigenvalue weighted by Crippen LogP contribution is -2.57. The topological polar surface area (TPSA) is 177 Å². The molecule has 0 fully saturated rings. The minimum Gasteiger partial charge on any atom is -0.508 e. The number of rotatable bonds is 13. The number of nitrogen functional groups attached to an aromatic ring is 1. The first-order valence-electron chi connectivity index (χ1n) is 14.4. The normalized spacial score (nSPS) is 13.9. The van der Waals surface area contributed by atoms with Crippen LogP contribution in [0, 0.1) is 5.92 Å². The molecule has 0 bridgehead atoms. The number of fused-ring (bicyclic) bond motifs is 1. The zero-order valence-electron chi connectivity index (χ0n) is 24.9. The summed E-state index contributed by atoms with van der Waals surface area (Å²) in [5.41, 5.74) is 8.81. The average molecular weight is 619 g/mol. The van der Waals surface area contributed by atoms with E-state index in [2.05, 4.69) is 43.6 Å². The van der Waals surface area contributed by atoms with Crippen molar-refractivity contribution < 1.29 is 19.5 Å². The van der Waals surface area contributed by atoms with E-state index in [4.69, 9.17) is 5.73 Å². The highest BCUT2D eigenvalue weighted by molar-refractivity contribution is 7.80. The Kier molecular flexibility index (Phi) is 10.8. The van der Waals surface area contributed by atoms with E-state index >= 15 is 0 Å². The number of aromatic hydroxyl groups is 1. The molecule has 2 aromatic carbocycles. The van der Waals surface area contributed by atoms with Crippen molar-refractivity contribution >= 4 is 47.2 Å². The van der Waals surface area contributed by atoms with Crippen LogP contribution in [-0.2, 0) is 27.3 Å². The Morgan fingerprint density at radius 1 is 0.977 bits per heavy atom. The maximum absolute atomic E-state index is 13.3. The summed E-state index contributed by atoms with van der Waals surface area (Å²) in [5, 5.41) is 23.1. The first-order valence-corrected chi connectivity index (χ1v) is 15.1. The van der Waals surface area contributed by atoms with E-state index < -0.39 is 23.9 Å². The van der Waals surface area contributed by atoms with Crippen LogP contribution in [0.1, 0.15) is 32.8 Å². The molecule has 2 aromatic heterocycles. The number of hydrogen-bond acceptors (Lipinski definition) is 9. The molecule has 0 radical (unpaired) electrons. The number of amides is 3. The fraction of sp³-hybridized carbons (Fsp3) is 0.355. The van der Waals surface area contributed by atoms with Crippen molar-refractivity contribution in [3.63, 3.8) is 0 Å². The Balaban J connectivity index is 1.43. The van der Waals surface area contributed by atoms with Crippen LogP contribution in [0.25, 0.3) is 22.3 Å². The molecule has 232 valence electrons. The van der Waals surface area contributed by atoms with Crippen molar-refractivity contribution in [2.75, 3.05) is 11.5 Å². The summed E-state index contributed by atoms with van der Waals surface area (Å²) in [6.07, 6.45) is 2.50. The highest BCUT2D eigenvalue weighted by atomic mass is 32.1. The summed E-state index contributed by atoms with van der Waals surface area (Å²) in [7, 11) is 0. The number of aromatic nitrogens is 4. The van der Waals surface area contributed by atoms with Gasteiger partial charge in [-0.2, -0.15) is 17.7 Å². The summed E-state index contributed by atoms with van der Waals surface area (Å²) < 4.78 is 1.42. The van der Waals surface area contributed by atoms with Gasteiger partial charge >= 0.3 is 0 Å². The molecule has 4 atom stereocenters. The number of nitrogens with one attached hydrogen (secondary N) is 3. The fourth-order valence-electron chi connectivity index (χ4n) is 4.83. The van der Waals surface area contributed by atoms with Crippen LogP contribution in [0.4, 0.5) is 5.82 Å². The van der Waals surface area contributed by atoms with Gasteiger partial charge in [0, 0.05) is 17.4 Å². The summed E-state index contributed by atoms with van der Waals surface area (Å²) in [4.78, 5) is 48.1. The molecule has 6 N–H and O–H groups in total. The van der Waals surface area contributed by atoms with Crippen molar-refractivity contribution in [1.29, 1.82) is 0 Å². The van der Waals surface area contributed by atoms with Crippen LogP contribution < -0.4 is 21.7 Å². The quantitative estimate of drug-likeness (QED) is 0.124. The predicted octanol–water partition coefficient (Wildman–Crippen LogP) is 2.47. The average Bonchev–Trinajstić information content (AvgIpc) is 3.38. The van der Waals surface area contributed by atoms with E-state index in [0.29, 0.717) is 29.6 Å². The third-order valence-corrected chi connectivity index (χ3v) is 7.76. The minimum absolute atomic E-state index is 0.00785. The molecule has 44 heavy (non-hydrogen) atoms. The zero-order valence-corrected chi connectivity index (χ0v) is 25.8. The SMILES string of the molecule is CCC(C)C(NC(=O)C(CS)NC(=O)Cn1nc(-c2ccccc2)c2c(N)ncnc21)C(=O)NC(C)Cc1ccc(O)cc1. The van der Waals surface area contributed by atoms with Gasteiger partial charge in [0.15, 0.2) is 5.65 Å². The van der Waals surface area contributed by atoms with E-state index in [0.717, 1.165) is 11.1 Å². The van der Waals surface area contributed by atoms with Gasteiger partial charge in [0.25, 0.3) is 0 Å². The van der Waals surface area contributed by atoms with Crippen LogP contribution in [0.5, 0.6) is 5.75 Å². The van der Waals surface area contributed by atoms with Gasteiger partial charge in [-0.1, -0.05) is 62.7 Å². The summed E-state index contributed by atoms with van der Waals surface area (Å²) >= 11 is 4.29. The lowest BCUT2D eigenvalue weighted by molar-refractivity contribution is -0.132. The third kappa shape index (κ3) is 7.84. The lowest BCUT2D eigenvalue weighted by atomic mass is 9.97. The van der Waals surface area contributed by atoms with E-state index in [1.165, 1.54) is 11.0 Å². The molecule has 0 aliphatic rings. The second kappa shape index (κ2) is 14.7.